The van der Waals surface area contributed by atoms with Crippen LogP contribution in [-0.2, 0) is 16.0 Å². The van der Waals surface area contributed by atoms with Gasteiger partial charge >= 0.3 is 0 Å². The number of carbonyl (C=O) groups is 3. The number of rotatable bonds is 6. The average molecular weight is 489 g/mol. The molecule has 3 aliphatic rings. The molecule has 1 N–H and O–H groups in total. The Bertz CT molecular complexity index is 1150. The van der Waals surface area contributed by atoms with E-state index < -0.39 is 0 Å². The van der Waals surface area contributed by atoms with Crippen LogP contribution in [0.15, 0.2) is 60.7 Å². The van der Waals surface area contributed by atoms with Crippen molar-refractivity contribution in [2.45, 2.75) is 19.3 Å². The minimum atomic E-state index is -0.353. The number of piperazine rings is 1. The molecule has 2 fully saturated rings. The van der Waals surface area contributed by atoms with Gasteiger partial charge in [0.15, 0.2) is 0 Å². The van der Waals surface area contributed by atoms with Crippen LogP contribution in [0.1, 0.15) is 28.8 Å². The highest BCUT2D eigenvalue weighted by Gasteiger charge is 2.42. The Hall–Kier alpha value is -3.65. The Morgan fingerprint density at radius 3 is 2.42 bits per heavy atom. The van der Waals surface area contributed by atoms with Crippen LogP contribution < -0.4 is 15.2 Å². The predicted molar refractivity (Wildman–Crippen MR) is 136 cm³/mol. The van der Waals surface area contributed by atoms with E-state index in [9.17, 15) is 14.4 Å². The lowest BCUT2D eigenvalue weighted by Crippen LogP contribution is -2.59. The summed E-state index contributed by atoms with van der Waals surface area (Å²) in [6, 6.07) is 15.1. The first-order valence-corrected chi connectivity index (χ1v) is 12.6. The number of nitrogens with zero attached hydrogens (tertiary/aromatic N) is 3. The van der Waals surface area contributed by atoms with E-state index in [4.69, 9.17) is 4.74 Å². The fourth-order valence-corrected chi connectivity index (χ4v) is 5.20. The fraction of sp³-hybridized carbons (Fsp3) is 0.393. The number of allylic oxidation sites excluding steroid dienone is 2. The molecule has 36 heavy (non-hydrogen) atoms. The molecule has 2 unspecified atom stereocenters. The van der Waals surface area contributed by atoms with E-state index in [1.807, 2.05) is 29.2 Å². The summed E-state index contributed by atoms with van der Waals surface area (Å²) in [5.41, 5.74) is 5.04. The van der Waals surface area contributed by atoms with Gasteiger partial charge in [0.2, 0.25) is 11.8 Å². The van der Waals surface area contributed by atoms with Gasteiger partial charge in [-0.3, -0.25) is 24.7 Å². The van der Waals surface area contributed by atoms with Crippen molar-refractivity contribution >= 4 is 23.4 Å². The van der Waals surface area contributed by atoms with Crippen LogP contribution in [0, 0.1) is 11.8 Å². The van der Waals surface area contributed by atoms with E-state index in [0.717, 1.165) is 31.8 Å². The lowest BCUT2D eigenvalue weighted by atomic mass is 9.80. The summed E-state index contributed by atoms with van der Waals surface area (Å²) in [5.74, 6) is -0.137. The second kappa shape index (κ2) is 10.5. The average Bonchev–Trinajstić information content (AvgIpc) is 2.94. The number of amides is 3. The molecule has 8 nitrogen and oxygen atoms in total. The number of nitrogens with one attached hydrogen (secondary N) is 1. The zero-order chi connectivity index (χ0) is 25.1. The number of fused-ring (bicyclic) bond motifs is 1. The molecule has 3 amide bonds. The fourth-order valence-electron chi connectivity index (χ4n) is 5.20. The topological polar surface area (TPSA) is 82.2 Å². The zero-order valence-corrected chi connectivity index (χ0v) is 20.6. The lowest BCUT2D eigenvalue weighted by Gasteiger charge is -2.38. The Balaban J connectivity index is 1.18. The summed E-state index contributed by atoms with van der Waals surface area (Å²) >= 11 is 0. The van der Waals surface area contributed by atoms with E-state index in [0.29, 0.717) is 37.2 Å². The quantitative estimate of drug-likeness (QED) is 0.633. The van der Waals surface area contributed by atoms with E-state index in [1.54, 1.807) is 31.4 Å². The number of hydrazine groups is 1. The monoisotopic (exact) mass is 488 g/mol. The Labute approximate surface area is 211 Å². The molecule has 2 aromatic carbocycles. The third-order valence-corrected chi connectivity index (χ3v) is 7.42. The molecule has 5 rings (SSSR count). The van der Waals surface area contributed by atoms with Crippen molar-refractivity contribution in [3.05, 3.63) is 71.8 Å². The Morgan fingerprint density at radius 1 is 0.972 bits per heavy atom. The maximum atomic E-state index is 13.3. The molecule has 188 valence electrons. The van der Waals surface area contributed by atoms with Crippen LogP contribution in [0.3, 0.4) is 0 Å². The summed E-state index contributed by atoms with van der Waals surface area (Å²) in [6.45, 7) is 3.89. The van der Waals surface area contributed by atoms with Crippen molar-refractivity contribution in [3.8, 4) is 5.75 Å². The lowest BCUT2D eigenvalue weighted by molar-refractivity contribution is -0.139. The molecule has 1 aliphatic carbocycles. The maximum Gasteiger partial charge on any atom is 0.254 e. The highest BCUT2D eigenvalue weighted by molar-refractivity contribution is 6.05. The Kier molecular flexibility index (Phi) is 7.04. The molecule has 0 radical (unpaired) electrons. The van der Waals surface area contributed by atoms with Crippen molar-refractivity contribution in [2.24, 2.45) is 11.8 Å². The summed E-state index contributed by atoms with van der Waals surface area (Å²) in [4.78, 5) is 43.2. The van der Waals surface area contributed by atoms with Gasteiger partial charge in [0.25, 0.3) is 5.91 Å². The molecule has 0 aromatic heterocycles. The Morgan fingerprint density at radius 2 is 1.69 bits per heavy atom. The summed E-state index contributed by atoms with van der Waals surface area (Å²) in [7, 11) is 1.67. The van der Waals surface area contributed by atoms with Gasteiger partial charge in [-0.05, 0) is 55.2 Å². The number of anilines is 1. The van der Waals surface area contributed by atoms with E-state index in [1.165, 1.54) is 10.6 Å². The molecule has 2 saturated heterocycles. The number of carbonyl (C=O) groups excluding carboxylic acids is 3. The minimum Gasteiger partial charge on any atom is -0.497 e. The molecule has 2 aromatic rings. The standard InChI is InChI=1S/C28H32N4O4/c1-36-23-11-9-20(10-12-23)13-14-30-15-17-31(18-16-30)27(34)21-5-4-6-22(19-21)32-28(35)25-8-3-2-7-24(25)26(33)29-32/h2-6,9-12,19,24-25H,7-8,13-18H2,1H3,(H,29,33). The van der Waals surface area contributed by atoms with Crippen LogP contribution in [0.25, 0.3) is 0 Å². The number of methoxy groups -OCH3 is 1. The molecule has 2 atom stereocenters. The molecule has 0 bridgehead atoms. The maximum absolute atomic E-state index is 13.3. The van der Waals surface area contributed by atoms with Crippen LogP contribution >= 0.6 is 0 Å². The van der Waals surface area contributed by atoms with Crippen molar-refractivity contribution < 1.29 is 19.1 Å². The SMILES string of the molecule is COc1ccc(CCN2CCN(C(=O)c3cccc(N4NC(=O)C5CC=CCC5C4=O)c3)CC2)cc1. The predicted octanol–water partition coefficient (Wildman–Crippen LogP) is 2.66. The van der Waals surface area contributed by atoms with Gasteiger partial charge in [-0.15, -0.1) is 0 Å². The first kappa shape index (κ1) is 24.1. The van der Waals surface area contributed by atoms with Gasteiger partial charge in [-0.25, -0.2) is 5.01 Å². The molecular weight excluding hydrogens is 456 g/mol. The van der Waals surface area contributed by atoms with Crippen molar-refractivity contribution in [3.63, 3.8) is 0 Å². The van der Waals surface area contributed by atoms with Gasteiger partial charge in [0.05, 0.1) is 24.6 Å². The third kappa shape index (κ3) is 4.99. The van der Waals surface area contributed by atoms with Crippen LogP contribution in [-0.4, -0.2) is 67.4 Å². The van der Waals surface area contributed by atoms with Crippen LogP contribution in [0.4, 0.5) is 5.69 Å². The molecule has 8 heteroatoms. The number of hydrogen-bond donors (Lipinski definition) is 1. The molecule has 2 heterocycles. The second-order valence-electron chi connectivity index (χ2n) is 9.59. The first-order valence-electron chi connectivity index (χ1n) is 12.6. The minimum absolute atomic E-state index is 0.0547. The molecule has 2 aliphatic heterocycles. The second-order valence-corrected chi connectivity index (χ2v) is 9.59. The largest absolute Gasteiger partial charge is 0.497 e. The molecule has 0 saturated carbocycles. The van der Waals surface area contributed by atoms with Crippen molar-refractivity contribution in [1.29, 1.82) is 0 Å². The van der Waals surface area contributed by atoms with Crippen LogP contribution in [0.2, 0.25) is 0 Å². The van der Waals surface area contributed by atoms with E-state index >= 15 is 0 Å². The van der Waals surface area contributed by atoms with E-state index in [-0.39, 0.29) is 29.6 Å². The van der Waals surface area contributed by atoms with Gasteiger partial charge in [0.1, 0.15) is 5.75 Å². The van der Waals surface area contributed by atoms with Gasteiger partial charge in [-0.1, -0.05) is 30.4 Å². The van der Waals surface area contributed by atoms with Crippen LogP contribution in [0.5, 0.6) is 5.75 Å². The molecule has 0 spiro atoms. The zero-order valence-electron chi connectivity index (χ0n) is 20.6. The third-order valence-electron chi connectivity index (χ3n) is 7.42. The normalized spacial score (nSPS) is 22.2. The van der Waals surface area contributed by atoms with Crippen molar-refractivity contribution in [1.82, 2.24) is 15.2 Å². The smallest absolute Gasteiger partial charge is 0.254 e. The first-order chi connectivity index (χ1) is 17.5. The summed E-state index contributed by atoms with van der Waals surface area (Å²) in [6.07, 6.45) is 6.02. The molecular formula is C28H32N4O4. The van der Waals surface area contributed by atoms with E-state index in [2.05, 4.69) is 22.5 Å². The highest BCUT2D eigenvalue weighted by Crippen LogP contribution is 2.32. The summed E-state index contributed by atoms with van der Waals surface area (Å²) < 4.78 is 5.22. The highest BCUT2D eigenvalue weighted by atomic mass is 16.5. The van der Waals surface area contributed by atoms with Gasteiger partial charge in [-0.2, -0.15) is 0 Å². The summed E-state index contributed by atoms with van der Waals surface area (Å²) in [5, 5.41) is 1.32. The number of ether oxygens (including phenoxy) is 1. The van der Waals surface area contributed by atoms with Crippen molar-refractivity contribution in [2.75, 3.05) is 44.8 Å². The number of benzene rings is 2. The van der Waals surface area contributed by atoms with Gasteiger partial charge in [0, 0.05) is 38.3 Å². The van der Waals surface area contributed by atoms with Gasteiger partial charge < -0.3 is 9.64 Å². The number of hydrogen-bond acceptors (Lipinski definition) is 5.